The van der Waals surface area contributed by atoms with Crippen molar-refractivity contribution < 1.29 is 23.2 Å². The molecule has 6 nitrogen and oxygen atoms in total. The number of ether oxygens (including phenoxy) is 1. The Bertz CT molecular complexity index is 1180. The van der Waals surface area contributed by atoms with E-state index in [9.17, 15) is 9.59 Å². The molecule has 2 rings (SSSR count). The van der Waals surface area contributed by atoms with Crippen LogP contribution in [0.3, 0.4) is 0 Å². The summed E-state index contributed by atoms with van der Waals surface area (Å²) in [5, 5.41) is 2.85. The Hall–Kier alpha value is -2.85. The highest BCUT2D eigenvalue weighted by Crippen LogP contribution is 2.44. The standard InChI is InChI=1S/C31H47NO5Si2/c1-13-31(28(34)35-8,32-27(33)24-17-15-14-16-18-24)22-23-19-20-25(36-38(9,10)29(2,3)4)26(21-23)37-39(11,12)30(5,6)7/h13-21H,1,22H2,2-12H3,(H,32,33)/t31-/m1/s1. The summed E-state index contributed by atoms with van der Waals surface area (Å²) < 4.78 is 18.6. The van der Waals surface area contributed by atoms with Crippen LogP contribution in [0.2, 0.25) is 36.3 Å². The maximum absolute atomic E-state index is 13.1. The molecule has 0 saturated heterocycles. The Kier molecular flexibility index (Phi) is 9.73. The molecule has 1 amide bonds. The maximum Gasteiger partial charge on any atom is 0.336 e. The second kappa shape index (κ2) is 11.7. The Morgan fingerprint density at radius 1 is 0.846 bits per heavy atom. The van der Waals surface area contributed by atoms with Gasteiger partial charge in [0.25, 0.3) is 22.5 Å². The van der Waals surface area contributed by atoms with Crippen LogP contribution in [0.15, 0.2) is 61.2 Å². The lowest BCUT2D eigenvalue weighted by molar-refractivity contribution is -0.146. The highest BCUT2D eigenvalue weighted by atomic mass is 28.4. The molecule has 2 aromatic rings. The van der Waals surface area contributed by atoms with Crippen LogP contribution in [0.25, 0.3) is 0 Å². The van der Waals surface area contributed by atoms with Crippen molar-refractivity contribution in [1.82, 2.24) is 5.32 Å². The summed E-state index contributed by atoms with van der Waals surface area (Å²) in [4.78, 5) is 26.2. The summed E-state index contributed by atoms with van der Waals surface area (Å²) in [7, 11) is -3.09. The quantitative estimate of drug-likeness (QED) is 0.182. The molecule has 1 atom stereocenters. The van der Waals surface area contributed by atoms with E-state index in [0.29, 0.717) is 17.1 Å². The van der Waals surface area contributed by atoms with E-state index in [1.165, 1.54) is 13.2 Å². The van der Waals surface area contributed by atoms with Gasteiger partial charge in [0.1, 0.15) is 11.5 Å². The number of hydrogen-bond donors (Lipinski definition) is 1. The molecule has 0 aliphatic rings. The van der Waals surface area contributed by atoms with Crippen molar-refractivity contribution in [2.75, 3.05) is 7.11 Å². The van der Waals surface area contributed by atoms with Gasteiger partial charge >= 0.3 is 5.97 Å². The van der Waals surface area contributed by atoms with Gasteiger partial charge in [0.2, 0.25) is 0 Å². The Morgan fingerprint density at radius 3 is 1.82 bits per heavy atom. The van der Waals surface area contributed by atoms with Crippen molar-refractivity contribution in [2.24, 2.45) is 0 Å². The first-order valence-corrected chi connectivity index (χ1v) is 19.2. The van der Waals surface area contributed by atoms with Crippen molar-refractivity contribution in [3.05, 3.63) is 72.3 Å². The summed E-state index contributed by atoms with van der Waals surface area (Å²) in [6, 6.07) is 14.5. The average molecular weight is 570 g/mol. The number of benzene rings is 2. The Morgan fingerprint density at radius 2 is 1.36 bits per heavy atom. The lowest BCUT2D eigenvalue weighted by Crippen LogP contribution is -2.55. The largest absolute Gasteiger partial charge is 0.541 e. The highest BCUT2D eigenvalue weighted by Gasteiger charge is 2.43. The Labute approximate surface area is 237 Å². The molecule has 8 heteroatoms. The van der Waals surface area contributed by atoms with Crippen molar-refractivity contribution in [2.45, 2.75) is 89.8 Å². The van der Waals surface area contributed by atoms with E-state index in [2.05, 4.69) is 79.6 Å². The van der Waals surface area contributed by atoms with Crippen molar-refractivity contribution in [3.8, 4) is 11.5 Å². The second-order valence-electron chi connectivity index (χ2n) is 13.2. The zero-order valence-corrected chi connectivity index (χ0v) is 27.7. The first-order valence-electron chi connectivity index (χ1n) is 13.4. The number of methoxy groups -OCH3 is 1. The summed E-state index contributed by atoms with van der Waals surface area (Å²) in [6.45, 7) is 25.9. The molecule has 39 heavy (non-hydrogen) atoms. The molecule has 0 aliphatic heterocycles. The molecular formula is C31H47NO5Si2. The zero-order valence-electron chi connectivity index (χ0n) is 25.7. The summed E-state index contributed by atoms with van der Waals surface area (Å²) in [5.41, 5.74) is -0.254. The fourth-order valence-corrected chi connectivity index (χ4v) is 5.46. The molecule has 214 valence electrons. The van der Waals surface area contributed by atoms with Gasteiger partial charge in [-0.25, -0.2) is 4.79 Å². The number of carbonyl (C=O) groups is 2. The fourth-order valence-electron chi connectivity index (χ4n) is 3.42. The van der Waals surface area contributed by atoms with Crippen LogP contribution in [-0.2, 0) is 16.0 Å². The minimum absolute atomic E-state index is 0.00448. The molecule has 0 unspecified atom stereocenters. The molecular weight excluding hydrogens is 523 g/mol. The van der Waals surface area contributed by atoms with Crippen LogP contribution in [0, 0.1) is 0 Å². The van der Waals surface area contributed by atoms with Gasteiger partial charge in [-0.3, -0.25) is 4.79 Å². The van der Waals surface area contributed by atoms with E-state index in [1.807, 2.05) is 24.3 Å². The Balaban J connectivity index is 2.59. The third-order valence-electron chi connectivity index (χ3n) is 8.10. The molecule has 0 aliphatic carbocycles. The van der Waals surface area contributed by atoms with E-state index >= 15 is 0 Å². The van der Waals surface area contributed by atoms with Gasteiger partial charge in [-0.15, -0.1) is 6.58 Å². The molecule has 0 aromatic heterocycles. The SMILES string of the molecule is C=C[C@](Cc1ccc(O[Si](C)(C)C(C)(C)C)c(O[Si](C)(C)C(C)(C)C)c1)(NC(=O)c1ccccc1)C(=O)OC. The van der Waals surface area contributed by atoms with E-state index in [1.54, 1.807) is 24.3 Å². The smallest absolute Gasteiger partial charge is 0.336 e. The van der Waals surface area contributed by atoms with E-state index in [-0.39, 0.29) is 16.5 Å². The molecule has 0 radical (unpaired) electrons. The fraction of sp³-hybridized carbons (Fsp3) is 0.484. The third kappa shape index (κ3) is 7.63. The first kappa shape index (κ1) is 32.4. The van der Waals surface area contributed by atoms with Crippen LogP contribution in [-0.4, -0.2) is 41.2 Å². The average Bonchev–Trinajstić information content (AvgIpc) is 2.83. The van der Waals surface area contributed by atoms with Gasteiger partial charge in [0.15, 0.2) is 5.54 Å². The number of hydrogen-bond acceptors (Lipinski definition) is 5. The van der Waals surface area contributed by atoms with E-state index < -0.39 is 34.1 Å². The molecule has 0 saturated carbocycles. The highest BCUT2D eigenvalue weighted by molar-refractivity contribution is 6.75. The second-order valence-corrected chi connectivity index (χ2v) is 22.6. The van der Waals surface area contributed by atoms with Crippen LogP contribution < -0.4 is 14.2 Å². The topological polar surface area (TPSA) is 73.9 Å². The number of carbonyl (C=O) groups excluding carboxylic acids is 2. The van der Waals surface area contributed by atoms with E-state index in [4.69, 9.17) is 13.6 Å². The van der Waals surface area contributed by atoms with Crippen LogP contribution >= 0.6 is 0 Å². The number of amides is 1. The summed E-state index contributed by atoms with van der Waals surface area (Å²) in [5.74, 6) is 0.360. The lowest BCUT2D eigenvalue weighted by Gasteiger charge is -2.40. The van der Waals surface area contributed by atoms with Crippen LogP contribution in [0.5, 0.6) is 11.5 Å². The normalized spacial score (nSPS) is 14.1. The third-order valence-corrected chi connectivity index (χ3v) is 16.8. The molecule has 0 fully saturated rings. The molecule has 2 aromatic carbocycles. The predicted molar refractivity (Wildman–Crippen MR) is 165 cm³/mol. The van der Waals surface area contributed by atoms with Gasteiger partial charge in [0.05, 0.1) is 7.11 Å². The number of esters is 1. The molecule has 0 bridgehead atoms. The van der Waals surface area contributed by atoms with Gasteiger partial charge in [-0.2, -0.15) is 0 Å². The van der Waals surface area contributed by atoms with Gasteiger partial charge in [0, 0.05) is 12.0 Å². The molecule has 0 spiro atoms. The van der Waals surface area contributed by atoms with Gasteiger partial charge in [-0.05, 0) is 66.1 Å². The maximum atomic E-state index is 13.1. The number of nitrogens with one attached hydrogen (secondary N) is 1. The van der Waals surface area contributed by atoms with Crippen molar-refractivity contribution in [1.29, 1.82) is 0 Å². The minimum Gasteiger partial charge on any atom is -0.541 e. The minimum atomic E-state index is -2.23. The van der Waals surface area contributed by atoms with Gasteiger partial charge in [-0.1, -0.05) is 71.9 Å². The van der Waals surface area contributed by atoms with Gasteiger partial charge < -0.3 is 18.9 Å². The first-order chi connectivity index (χ1) is 17.8. The zero-order chi connectivity index (χ0) is 29.9. The number of rotatable bonds is 10. The molecule has 1 N–H and O–H groups in total. The van der Waals surface area contributed by atoms with Crippen LogP contribution in [0.1, 0.15) is 57.5 Å². The predicted octanol–water partition coefficient (Wildman–Crippen LogP) is 7.52. The lowest BCUT2D eigenvalue weighted by atomic mass is 9.90. The molecule has 0 heterocycles. The van der Waals surface area contributed by atoms with E-state index in [0.717, 1.165) is 5.56 Å². The van der Waals surface area contributed by atoms with Crippen molar-refractivity contribution in [3.63, 3.8) is 0 Å². The van der Waals surface area contributed by atoms with Crippen molar-refractivity contribution >= 4 is 28.5 Å². The monoisotopic (exact) mass is 569 g/mol. The summed E-state index contributed by atoms with van der Waals surface area (Å²) in [6.07, 6.45) is 1.57. The van der Waals surface area contributed by atoms with Crippen LogP contribution in [0.4, 0.5) is 0 Å². The summed E-state index contributed by atoms with van der Waals surface area (Å²) >= 11 is 0.